The Hall–Kier alpha value is -3.36. The molecule has 0 bridgehead atoms. The van der Waals surface area contributed by atoms with E-state index < -0.39 is 0 Å². The molecule has 4 aromatic rings. The van der Waals surface area contributed by atoms with Gasteiger partial charge in [0.2, 0.25) is 5.95 Å². The second kappa shape index (κ2) is 8.53. The minimum absolute atomic E-state index is 0.104. The fourth-order valence-electron chi connectivity index (χ4n) is 4.92. The fraction of sp³-hybridized carbons (Fsp3) is 0.360. The first-order valence-corrected chi connectivity index (χ1v) is 11.7. The van der Waals surface area contributed by atoms with Crippen LogP contribution in [0.5, 0.6) is 0 Å². The lowest BCUT2D eigenvalue weighted by molar-refractivity contribution is 0.122. The van der Waals surface area contributed by atoms with Gasteiger partial charge in [0.1, 0.15) is 0 Å². The number of morpholine rings is 1. The second-order valence-electron chi connectivity index (χ2n) is 8.80. The largest absolute Gasteiger partial charge is 0.380 e. The van der Waals surface area contributed by atoms with E-state index in [9.17, 15) is 4.79 Å². The van der Waals surface area contributed by atoms with Crippen LogP contribution in [0, 0.1) is 0 Å². The summed E-state index contributed by atoms with van der Waals surface area (Å²) in [4.78, 5) is 23.8. The molecule has 2 aliphatic rings. The number of piperidine rings is 1. The predicted octanol–water partition coefficient (Wildman–Crippen LogP) is 2.87. The summed E-state index contributed by atoms with van der Waals surface area (Å²) < 4.78 is 7.15. The number of H-pyrrole nitrogens is 1. The molecule has 0 saturated carbocycles. The number of imidazole rings is 1. The SMILES string of the molecule is O=c1cc(NC2CCCNC2)c2ccccc2n1-c1nc2ccc(N3CCOCC3)cc2[nH]1. The Kier molecular flexibility index (Phi) is 5.24. The maximum Gasteiger partial charge on any atom is 0.260 e. The van der Waals surface area contributed by atoms with Crippen LogP contribution in [0.25, 0.3) is 27.9 Å². The average molecular weight is 445 g/mol. The van der Waals surface area contributed by atoms with Gasteiger partial charge in [0.05, 0.1) is 29.8 Å². The van der Waals surface area contributed by atoms with E-state index in [1.807, 2.05) is 24.3 Å². The highest BCUT2D eigenvalue weighted by Crippen LogP contribution is 2.27. The Morgan fingerprint density at radius 2 is 1.97 bits per heavy atom. The topological polar surface area (TPSA) is 87.2 Å². The van der Waals surface area contributed by atoms with E-state index in [4.69, 9.17) is 9.72 Å². The van der Waals surface area contributed by atoms with Crippen LogP contribution >= 0.6 is 0 Å². The van der Waals surface area contributed by atoms with Crippen LogP contribution in [0.15, 0.2) is 53.3 Å². The predicted molar refractivity (Wildman–Crippen MR) is 132 cm³/mol. The summed E-state index contributed by atoms with van der Waals surface area (Å²) in [6, 6.07) is 16.2. The summed E-state index contributed by atoms with van der Waals surface area (Å²) >= 11 is 0. The van der Waals surface area contributed by atoms with Crippen LogP contribution in [0.1, 0.15) is 12.8 Å². The molecule has 1 atom stereocenters. The Bertz CT molecular complexity index is 1350. The van der Waals surface area contributed by atoms with Crippen LogP contribution in [-0.4, -0.2) is 60.0 Å². The van der Waals surface area contributed by atoms with Crippen LogP contribution < -0.4 is 21.1 Å². The van der Waals surface area contributed by atoms with Crippen molar-refractivity contribution in [2.45, 2.75) is 18.9 Å². The van der Waals surface area contributed by atoms with Gasteiger partial charge in [0.15, 0.2) is 0 Å². The molecule has 0 amide bonds. The first kappa shape index (κ1) is 20.3. The van der Waals surface area contributed by atoms with Crippen molar-refractivity contribution in [2.24, 2.45) is 0 Å². The molecule has 8 nitrogen and oxygen atoms in total. The number of hydrogen-bond donors (Lipinski definition) is 3. The summed E-state index contributed by atoms with van der Waals surface area (Å²) in [6.07, 6.45) is 2.23. The van der Waals surface area contributed by atoms with Crippen molar-refractivity contribution in [3.63, 3.8) is 0 Å². The molecule has 0 aliphatic carbocycles. The maximum atomic E-state index is 13.3. The van der Waals surface area contributed by atoms with Crippen molar-refractivity contribution in [2.75, 3.05) is 49.6 Å². The number of nitrogens with zero attached hydrogens (tertiary/aromatic N) is 3. The summed E-state index contributed by atoms with van der Waals surface area (Å²) in [5, 5.41) is 8.03. The molecule has 2 aromatic heterocycles. The number of ether oxygens (including phenoxy) is 1. The third-order valence-electron chi connectivity index (χ3n) is 6.62. The highest BCUT2D eigenvalue weighted by Gasteiger charge is 2.18. The van der Waals surface area contributed by atoms with E-state index in [0.717, 1.165) is 85.5 Å². The van der Waals surface area contributed by atoms with Gasteiger partial charge < -0.3 is 25.3 Å². The van der Waals surface area contributed by atoms with Gasteiger partial charge in [-0.25, -0.2) is 9.55 Å². The van der Waals surface area contributed by atoms with Gasteiger partial charge in [-0.1, -0.05) is 18.2 Å². The van der Waals surface area contributed by atoms with Crippen molar-refractivity contribution in [1.82, 2.24) is 19.9 Å². The van der Waals surface area contributed by atoms with Crippen LogP contribution in [0.2, 0.25) is 0 Å². The zero-order valence-corrected chi connectivity index (χ0v) is 18.5. The van der Waals surface area contributed by atoms with E-state index in [0.29, 0.717) is 12.0 Å². The molecule has 0 radical (unpaired) electrons. The molecule has 2 aliphatic heterocycles. The van der Waals surface area contributed by atoms with E-state index in [2.05, 4.69) is 38.7 Å². The van der Waals surface area contributed by atoms with E-state index in [-0.39, 0.29) is 5.56 Å². The van der Waals surface area contributed by atoms with Crippen LogP contribution in [0.3, 0.4) is 0 Å². The minimum atomic E-state index is -0.104. The summed E-state index contributed by atoms with van der Waals surface area (Å²) in [5.74, 6) is 0.538. The van der Waals surface area contributed by atoms with Crippen molar-refractivity contribution in [3.05, 3.63) is 58.9 Å². The van der Waals surface area contributed by atoms with Gasteiger partial charge in [-0.05, 0) is 43.7 Å². The summed E-state index contributed by atoms with van der Waals surface area (Å²) in [6.45, 7) is 5.20. The molecule has 6 rings (SSSR count). The highest BCUT2D eigenvalue weighted by molar-refractivity contribution is 5.92. The molecule has 2 saturated heterocycles. The number of aromatic amines is 1. The number of para-hydroxylation sites is 1. The Morgan fingerprint density at radius 3 is 2.82 bits per heavy atom. The molecule has 1 unspecified atom stereocenters. The number of aromatic nitrogens is 3. The lowest BCUT2D eigenvalue weighted by atomic mass is 10.1. The maximum absolute atomic E-state index is 13.3. The van der Waals surface area contributed by atoms with Gasteiger partial charge in [-0.15, -0.1) is 0 Å². The number of benzene rings is 2. The highest BCUT2D eigenvalue weighted by atomic mass is 16.5. The number of fused-ring (bicyclic) bond motifs is 2. The number of pyridine rings is 1. The van der Waals surface area contributed by atoms with Gasteiger partial charge in [-0.3, -0.25) is 4.79 Å². The van der Waals surface area contributed by atoms with Crippen LogP contribution in [-0.2, 0) is 4.74 Å². The molecule has 3 N–H and O–H groups in total. The zero-order chi connectivity index (χ0) is 22.2. The number of anilines is 2. The quantitative estimate of drug-likeness (QED) is 0.449. The molecule has 170 valence electrons. The van der Waals surface area contributed by atoms with E-state index in [1.54, 1.807) is 10.6 Å². The monoisotopic (exact) mass is 444 g/mol. The summed E-state index contributed by atoms with van der Waals surface area (Å²) in [7, 11) is 0. The molecular weight excluding hydrogens is 416 g/mol. The van der Waals surface area contributed by atoms with Crippen molar-refractivity contribution in [3.8, 4) is 5.95 Å². The standard InChI is InChI=1S/C25H28N6O2/c32-24-15-21(27-17-4-3-9-26-16-17)19-5-1-2-6-23(19)31(24)25-28-20-8-7-18(14-22(20)29-25)30-10-12-33-13-11-30/h1-2,5-8,14-15,17,26-27H,3-4,9-13,16H2,(H,28,29). The number of hydrogen-bond acceptors (Lipinski definition) is 6. The first-order chi connectivity index (χ1) is 16.3. The van der Waals surface area contributed by atoms with Crippen LogP contribution in [0.4, 0.5) is 11.4 Å². The molecule has 2 fully saturated rings. The Balaban J connectivity index is 1.41. The molecule has 4 heterocycles. The first-order valence-electron chi connectivity index (χ1n) is 11.7. The second-order valence-corrected chi connectivity index (χ2v) is 8.80. The van der Waals surface area contributed by atoms with Gasteiger partial charge in [0, 0.05) is 48.5 Å². The van der Waals surface area contributed by atoms with Gasteiger partial charge in [-0.2, -0.15) is 0 Å². The Morgan fingerprint density at radius 1 is 1.09 bits per heavy atom. The van der Waals surface area contributed by atoms with Gasteiger partial charge in [0.25, 0.3) is 5.56 Å². The number of rotatable bonds is 4. The third-order valence-corrected chi connectivity index (χ3v) is 6.62. The Labute approximate surface area is 191 Å². The van der Waals surface area contributed by atoms with E-state index in [1.165, 1.54) is 0 Å². The average Bonchev–Trinajstić information content (AvgIpc) is 3.28. The zero-order valence-electron chi connectivity index (χ0n) is 18.5. The van der Waals surface area contributed by atoms with Gasteiger partial charge >= 0.3 is 0 Å². The summed E-state index contributed by atoms with van der Waals surface area (Å²) in [5.41, 5.74) is 4.51. The normalized spacial score (nSPS) is 19.3. The lowest BCUT2D eigenvalue weighted by Gasteiger charge is -2.28. The molecule has 2 aromatic carbocycles. The third kappa shape index (κ3) is 3.85. The van der Waals surface area contributed by atoms with Crippen molar-refractivity contribution in [1.29, 1.82) is 0 Å². The molecule has 33 heavy (non-hydrogen) atoms. The number of nitrogens with one attached hydrogen (secondary N) is 3. The van der Waals surface area contributed by atoms with Crippen molar-refractivity contribution >= 4 is 33.3 Å². The minimum Gasteiger partial charge on any atom is -0.380 e. The smallest absolute Gasteiger partial charge is 0.260 e. The lowest BCUT2D eigenvalue weighted by Crippen LogP contribution is -2.38. The van der Waals surface area contributed by atoms with E-state index >= 15 is 0 Å². The molecule has 0 spiro atoms. The van der Waals surface area contributed by atoms with Crippen molar-refractivity contribution < 1.29 is 4.74 Å². The fourth-order valence-corrected chi connectivity index (χ4v) is 4.92. The molecular formula is C25H28N6O2. The molecule has 8 heteroatoms.